The molecule has 9 rings (SSSR count). The van der Waals surface area contributed by atoms with E-state index < -0.39 is 0 Å². The molecule has 0 N–H and O–H groups in total. The zero-order chi connectivity index (χ0) is 23.5. The fourth-order valence-corrected chi connectivity index (χ4v) is 6.76. The molecule has 0 unspecified atom stereocenters. The third-order valence-corrected chi connectivity index (χ3v) is 8.18. The van der Waals surface area contributed by atoms with E-state index in [4.69, 9.17) is 0 Å². The van der Waals surface area contributed by atoms with Crippen molar-refractivity contribution >= 4 is 70.9 Å². The first-order valence-corrected chi connectivity index (χ1v) is 12.5. The van der Waals surface area contributed by atoms with Crippen LogP contribution in [0.5, 0.6) is 0 Å². The second-order valence-electron chi connectivity index (χ2n) is 9.85. The topological polar surface area (TPSA) is 14.3 Å². The van der Waals surface area contributed by atoms with Crippen LogP contribution in [0, 0.1) is 0 Å². The van der Waals surface area contributed by atoms with Gasteiger partial charge in [-0.25, -0.2) is 0 Å². The van der Waals surface area contributed by atoms with E-state index in [0.717, 1.165) is 0 Å². The molecule has 0 saturated heterocycles. The quantitative estimate of drug-likeness (QED) is 0.234. The summed E-state index contributed by atoms with van der Waals surface area (Å²) in [5.41, 5.74) is 8.72. The summed E-state index contributed by atoms with van der Waals surface area (Å²) >= 11 is 0. The minimum Gasteiger partial charge on any atom is -0.344 e. The van der Waals surface area contributed by atoms with E-state index in [0.29, 0.717) is 0 Å². The molecular weight excluding hydrogens is 438 g/mol. The molecule has 3 nitrogen and oxygen atoms in total. The summed E-state index contributed by atoms with van der Waals surface area (Å²) in [5, 5.41) is 9.19. The molecule has 4 heterocycles. The highest BCUT2D eigenvalue weighted by Crippen LogP contribution is 2.46. The summed E-state index contributed by atoms with van der Waals surface area (Å²) in [6.45, 7) is 0. The highest BCUT2D eigenvalue weighted by Gasteiger charge is 2.25. The van der Waals surface area contributed by atoms with Crippen molar-refractivity contribution in [2.75, 3.05) is 0 Å². The van der Waals surface area contributed by atoms with Gasteiger partial charge in [-0.15, -0.1) is 0 Å². The minimum atomic E-state index is 1.18. The van der Waals surface area contributed by atoms with Crippen molar-refractivity contribution in [2.24, 2.45) is 7.05 Å². The van der Waals surface area contributed by atoms with Gasteiger partial charge in [0.1, 0.15) is 5.65 Å². The van der Waals surface area contributed by atoms with Crippen LogP contribution in [0.25, 0.3) is 76.6 Å². The molecule has 0 fully saturated rings. The first-order chi connectivity index (χ1) is 17.8. The average molecular weight is 460 g/mol. The third-order valence-electron chi connectivity index (χ3n) is 8.18. The lowest BCUT2D eigenvalue weighted by Gasteiger charge is -2.10. The van der Waals surface area contributed by atoms with Crippen LogP contribution >= 0.6 is 0 Å². The first-order valence-electron chi connectivity index (χ1n) is 12.5. The van der Waals surface area contributed by atoms with Gasteiger partial charge in [0.05, 0.1) is 22.1 Å². The Bertz CT molecular complexity index is 2310. The van der Waals surface area contributed by atoms with Crippen LogP contribution in [0.3, 0.4) is 0 Å². The number of hydrogen-bond donors (Lipinski definition) is 0. The Labute approximate surface area is 206 Å². The van der Waals surface area contributed by atoms with Gasteiger partial charge >= 0.3 is 0 Å². The number of benzene rings is 5. The molecule has 0 aliphatic carbocycles. The van der Waals surface area contributed by atoms with Crippen molar-refractivity contribution in [3.63, 3.8) is 0 Å². The van der Waals surface area contributed by atoms with Crippen molar-refractivity contribution in [3.8, 4) is 5.69 Å². The SMILES string of the molecule is Cn1c2cccc3c4ccccc4n4c5c(ccc1c5c32)c1c2ccccc2n(-c2ccccc2)c14. The number of aryl methyl sites for hydroxylation is 1. The van der Waals surface area contributed by atoms with Crippen molar-refractivity contribution < 1.29 is 0 Å². The van der Waals surface area contributed by atoms with Gasteiger partial charge in [0.25, 0.3) is 0 Å². The van der Waals surface area contributed by atoms with E-state index in [1.165, 1.54) is 76.6 Å². The predicted octanol–water partition coefficient (Wildman–Crippen LogP) is 8.43. The molecule has 168 valence electrons. The number of nitrogens with zero attached hydrogens (tertiary/aromatic N) is 3. The van der Waals surface area contributed by atoms with E-state index in [1.54, 1.807) is 0 Å². The maximum absolute atomic E-state index is 2.54. The number of rotatable bonds is 1. The third kappa shape index (κ3) is 1.99. The molecule has 0 amide bonds. The number of fused-ring (bicyclic) bond motifs is 8. The highest BCUT2D eigenvalue weighted by molar-refractivity contribution is 6.35. The molecule has 4 aromatic heterocycles. The van der Waals surface area contributed by atoms with E-state index >= 15 is 0 Å². The molecule has 0 aliphatic rings. The minimum absolute atomic E-state index is 1.18. The summed E-state index contributed by atoms with van der Waals surface area (Å²) in [7, 11) is 2.19. The molecule has 36 heavy (non-hydrogen) atoms. The zero-order valence-corrected chi connectivity index (χ0v) is 19.7. The smallest absolute Gasteiger partial charge is 0.131 e. The van der Waals surface area contributed by atoms with Gasteiger partial charge in [-0.3, -0.25) is 8.97 Å². The Morgan fingerprint density at radius 3 is 1.97 bits per heavy atom. The van der Waals surface area contributed by atoms with Crippen LogP contribution in [0.15, 0.2) is 109 Å². The number of para-hydroxylation sites is 3. The summed E-state index contributed by atoms with van der Waals surface area (Å²) in [5.74, 6) is 0. The molecule has 0 spiro atoms. The van der Waals surface area contributed by atoms with Crippen molar-refractivity contribution in [1.82, 2.24) is 13.5 Å². The van der Waals surface area contributed by atoms with Crippen LogP contribution in [0.2, 0.25) is 0 Å². The van der Waals surface area contributed by atoms with Gasteiger partial charge in [0.15, 0.2) is 0 Å². The van der Waals surface area contributed by atoms with Crippen molar-refractivity contribution in [3.05, 3.63) is 109 Å². The van der Waals surface area contributed by atoms with Crippen LogP contribution in [0.1, 0.15) is 0 Å². The second-order valence-corrected chi connectivity index (χ2v) is 9.85. The van der Waals surface area contributed by atoms with Crippen LogP contribution < -0.4 is 0 Å². The number of aromatic nitrogens is 3. The molecule has 0 saturated carbocycles. The van der Waals surface area contributed by atoms with E-state index in [2.05, 4.69) is 130 Å². The second kappa shape index (κ2) is 6.27. The Morgan fingerprint density at radius 1 is 0.444 bits per heavy atom. The molecule has 0 aliphatic heterocycles. The molecule has 9 aromatic rings. The lowest BCUT2D eigenvalue weighted by atomic mass is 10.0. The number of hydrogen-bond acceptors (Lipinski definition) is 0. The Morgan fingerprint density at radius 2 is 1.11 bits per heavy atom. The lowest BCUT2D eigenvalue weighted by Crippen LogP contribution is -1.97. The molecule has 0 atom stereocenters. The monoisotopic (exact) mass is 459 g/mol. The van der Waals surface area contributed by atoms with Gasteiger partial charge < -0.3 is 4.57 Å². The molecular formula is C33H21N3. The Balaban J connectivity index is 1.75. The zero-order valence-electron chi connectivity index (χ0n) is 19.7. The summed E-state index contributed by atoms with van der Waals surface area (Å²) in [6, 6.07) is 39.9. The van der Waals surface area contributed by atoms with E-state index in [1.807, 2.05) is 0 Å². The normalized spacial score (nSPS) is 12.6. The summed E-state index contributed by atoms with van der Waals surface area (Å²) in [4.78, 5) is 0. The van der Waals surface area contributed by atoms with Gasteiger partial charge in [-0.05, 0) is 47.9 Å². The largest absolute Gasteiger partial charge is 0.344 e. The van der Waals surface area contributed by atoms with Crippen LogP contribution in [0.4, 0.5) is 0 Å². The molecule has 5 aromatic carbocycles. The van der Waals surface area contributed by atoms with E-state index in [9.17, 15) is 0 Å². The fourth-order valence-electron chi connectivity index (χ4n) is 6.76. The van der Waals surface area contributed by atoms with Gasteiger partial charge in [0, 0.05) is 50.6 Å². The van der Waals surface area contributed by atoms with Crippen molar-refractivity contribution in [1.29, 1.82) is 0 Å². The first kappa shape index (κ1) is 18.6. The molecule has 3 heteroatoms. The Kier molecular flexibility index (Phi) is 3.23. The fraction of sp³-hybridized carbons (Fsp3) is 0.0303. The molecule has 0 radical (unpaired) electrons. The van der Waals surface area contributed by atoms with Crippen LogP contribution in [-0.2, 0) is 7.05 Å². The van der Waals surface area contributed by atoms with Gasteiger partial charge in [-0.1, -0.05) is 66.7 Å². The van der Waals surface area contributed by atoms with Gasteiger partial charge in [0.2, 0.25) is 0 Å². The van der Waals surface area contributed by atoms with E-state index in [-0.39, 0.29) is 0 Å². The maximum atomic E-state index is 2.54. The average Bonchev–Trinajstić information content (AvgIpc) is 3.51. The maximum Gasteiger partial charge on any atom is 0.131 e. The highest BCUT2D eigenvalue weighted by atomic mass is 15.1. The Hall–Kier alpha value is -4.76. The predicted molar refractivity (Wildman–Crippen MR) is 152 cm³/mol. The van der Waals surface area contributed by atoms with Gasteiger partial charge in [-0.2, -0.15) is 0 Å². The van der Waals surface area contributed by atoms with Crippen LogP contribution in [-0.4, -0.2) is 13.5 Å². The standard InChI is InChI=1S/C33H21N3/c1-34-27-17-9-14-22-21-12-5-7-15-25(21)36-32-24(18-19-28(34)31(32)30(22)27)29-23-13-6-8-16-26(23)35(33(29)36)20-10-3-2-4-11-20/h2-19H,1H3. The summed E-state index contributed by atoms with van der Waals surface area (Å²) in [6.07, 6.45) is 0. The summed E-state index contributed by atoms with van der Waals surface area (Å²) < 4.78 is 7.34. The lowest BCUT2D eigenvalue weighted by molar-refractivity contribution is 1.01. The van der Waals surface area contributed by atoms with Crippen molar-refractivity contribution in [2.45, 2.75) is 0 Å². The molecule has 0 bridgehead atoms.